The standard InChI is InChI=1S/C16H19N/c17-16-9-7-13(8-10-16)15-6-5-12-3-1-2-4-14(12)11-15/h1-6,11,13,16H,7-10,17H2/i7D2,8D2,9D,10D2,13D,16D/hD2. The second-order valence-corrected chi connectivity index (χ2v) is 3.86. The molecule has 2 aromatic rings. The summed E-state index contributed by atoms with van der Waals surface area (Å²) in [6.45, 7) is 0. The van der Waals surface area contributed by atoms with E-state index >= 15 is 0 Å². The summed E-state index contributed by atoms with van der Waals surface area (Å²) in [7, 11) is 0. The van der Waals surface area contributed by atoms with Crippen LogP contribution in [0.1, 0.15) is 49.3 Å². The minimum atomic E-state index is -3.38. The molecule has 1 aliphatic carbocycles. The molecule has 2 aromatic carbocycles. The SMILES string of the molecule is [2H]C1C([2H])([2H])C([2H])(c2ccc3ccccc3c2)C([2H])([2H])C([2H])([2H])C1([2H])N([2H])[2H]. The van der Waals surface area contributed by atoms with Crippen LogP contribution in [-0.2, 0) is 0 Å². The highest BCUT2D eigenvalue weighted by molar-refractivity contribution is 5.83. The highest BCUT2D eigenvalue weighted by Gasteiger charge is 2.19. The molecule has 2 N–H and O–H groups in total. The number of benzene rings is 2. The van der Waals surface area contributed by atoms with E-state index in [4.69, 9.17) is 15.2 Å². The van der Waals surface area contributed by atoms with Gasteiger partial charge in [-0.3, -0.25) is 0 Å². The zero-order chi connectivity index (χ0) is 21.3. The Hall–Kier alpha value is -1.34. The lowest BCUT2D eigenvalue weighted by molar-refractivity contribution is 0.396. The van der Waals surface area contributed by atoms with E-state index in [2.05, 4.69) is 0 Å². The Labute approximate surface area is 118 Å². The number of nitrogens with two attached hydrogens (primary N) is 1. The Morgan fingerprint density at radius 3 is 2.88 bits per heavy atom. The van der Waals surface area contributed by atoms with Crippen molar-refractivity contribution in [3.8, 4) is 0 Å². The highest BCUT2D eigenvalue weighted by atomic mass is 14.6. The summed E-state index contributed by atoms with van der Waals surface area (Å²) in [5.74, 6) is -2.90. The van der Waals surface area contributed by atoms with Crippen LogP contribution in [0.2, 0.25) is 2.82 Å². The number of rotatable bonds is 2. The molecule has 0 aliphatic heterocycles. The van der Waals surface area contributed by atoms with Crippen molar-refractivity contribution in [2.24, 2.45) is 5.72 Å². The van der Waals surface area contributed by atoms with E-state index in [0.29, 0.717) is 5.39 Å². The molecule has 1 fully saturated rings. The maximum absolute atomic E-state index is 8.81. The van der Waals surface area contributed by atoms with Crippen LogP contribution in [0.15, 0.2) is 42.5 Å². The normalized spacial score (nSPS) is 56.5. The monoisotopic (exact) mass is 236 g/mol. The molecule has 0 bridgehead atoms. The average molecular weight is 236 g/mol. The lowest BCUT2D eigenvalue weighted by Gasteiger charge is -2.26. The van der Waals surface area contributed by atoms with E-state index in [9.17, 15) is 0 Å². The molecule has 1 heteroatoms. The summed E-state index contributed by atoms with van der Waals surface area (Å²) in [6.07, 6.45) is -12.2. The van der Waals surface area contributed by atoms with Crippen molar-refractivity contribution in [1.82, 2.24) is 0 Å². The van der Waals surface area contributed by atoms with Gasteiger partial charge in [-0.25, -0.2) is 0 Å². The molecule has 0 aromatic heterocycles. The van der Waals surface area contributed by atoms with Crippen molar-refractivity contribution < 1.29 is 15.2 Å². The van der Waals surface area contributed by atoms with Gasteiger partial charge in [0.25, 0.3) is 0 Å². The second-order valence-electron chi connectivity index (χ2n) is 3.86. The van der Waals surface area contributed by atoms with Crippen LogP contribution in [-0.4, -0.2) is 6.02 Å². The topological polar surface area (TPSA) is 26.0 Å². The minimum absolute atomic E-state index is 0.175. The first-order valence-electron chi connectivity index (χ1n) is 10.8. The van der Waals surface area contributed by atoms with E-state index < -0.39 is 43.1 Å². The Kier molecular flexibility index (Phi) is 1.08. The molecule has 0 amide bonds. The van der Waals surface area contributed by atoms with Crippen molar-refractivity contribution in [3.63, 3.8) is 0 Å². The van der Waals surface area contributed by atoms with Gasteiger partial charge in [-0.15, -0.1) is 0 Å². The zero-order valence-corrected chi connectivity index (χ0v) is 9.07. The van der Waals surface area contributed by atoms with Crippen LogP contribution in [0.3, 0.4) is 0 Å². The third-order valence-electron chi connectivity index (χ3n) is 2.71. The first-order valence-corrected chi connectivity index (χ1v) is 5.37. The molecule has 3 atom stereocenters. The van der Waals surface area contributed by atoms with Crippen molar-refractivity contribution in [2.75, 3.05) is 0 Å². The maximum atomic E-state index is 8.81. The average Bonchev–Trinajstić information content (AvgIpc) is 2.63. The van der Waals surface area contributed by atoms with Crippen molar-refractivity contribution in [1.29, 1.82) is 0 Å². The number of hydrogen-bond donors (Lipinski definition) is 1. The summed E-state index contributed by atoms with van der Waals surface area (Å²) in [4.78, 5) is 0. The van der Waals surface area contributed by atoms with Gasteiger partial charge >= 0.3 is 0 Å². The fourth-order valence-corrected chi connectivity index (χ4v) is 1.84. The number of hydrogen-bond acceptors (Lipinski definition) is 1. The molecular weight excluding hydrogens is 206 g/mol. The third-order valence-corrected chi connectivity index (χ3v) is 2.71. The summed E-state index contributed by atoms with van der Waals surface area (Å²) < 4.78 is 90.0. The van der Waals surface area contributed by atoms with Gasteiger partial charge in [0, 0.05) is 18.4 Å². The van der Waals surface area contributed by atoms with Gasteiger partial charge in [0.05, 0.1) is 0 Å². The molecule has 1 saturated carbocycles. The van der Waals surface area contributed by atoms with Gasteiger partial charge < -0.3 is 5.72 Å². The molecule has 1 nitrogen and oxygen atoms in total. The number of fused-ring (bicyclic) bond motifs is 1. The summed E-state index contributed by atoms with van der Waals surface area (Å²) in [5, 5.41) is 1.35. The van der Waals surface area contributed by atoms with Gasteiger partial charge in [0.15, 0.2) is 0 Å². The molecule has 17 heavy (non-hydrogen) atoms. The Bertz CT molecular complexity index is 914. The van der Waals surface area contributed by atoms with Gasteiger partial charge in [-0.05, 0) is 47.7 Å². The molecule has 88 valence electrons. The van der Waals surface area contributed by atoms with Crippen LogP contribution in [0, 0.1) is 0 Å². The first-order chi connectivity index (χ1) is 12.7. The van der Waals surface area contributed by atoms with Crippen molar-refractivity contribution >= 4 is 10.8 Å². The lowest BCUT2D eigenvalue weighted by atomic mass is 9.81. The predicted octanol–water partition coefficient (Wildman–Crippen LogP) is 3.82. The van der Waals surface area contributed by atoms with Gasteiger partial charge in [-0.1, -0.05) is 42.5 Å². The molecular formula is C16H19N. The van der Waals surface area contributed by atoms with Crippen LogP contribution in [0.4, 0.5) is 0 Å². The summed E-state index contributed by atoms with van der Waals surface area (Å²) in [6, 6.07) is 8.04. The van der Waals surface area contributed by atoms with Crippen molar-refractivity contribution in [3.05, 3.63) is 48.0 Å². The van der Waals surface area contributed by atoms with E-state index in [-0.39, 0.29) is 5.56 Å². The molecule has 1 aliphatic rings. The fraction of sp³-hybridized carbons (Fsp3) is 0.375. The lowest BCUT2D eigenvalue weighted by Crippen LogP contribution is -2.25. The zero-order valence-electron chi connectivity index (χ0n) is 20.1. The molecule has 3 rings (SSSR count). The molecule has 3 unspecified atom stereocenters. The molecule has 0 saturated heterocycles. The van der Waals surface area contributed by atoms with E-state index in [1.807, 2.05) is 0 Å². The van der Waals surface area contributed by atoms with Crippen molar-refractivity contribution in [2.45, 2.75) is 37.4 Å². The summed E-state index contributed by atoms with van der Waals surface area (Å²) >= 11 is 0. The van der Waals surface area contributed by atoms with E-state index in [0.717, 1.165) is 5.39 Å². The van der Waals surface area contributed by atoms with Gasteiger partial charge in [0.1, 0.15) is 2.82 Å². The first kappa shape index (κ1) is 4.10. The van der Waals surface area contributed by atoms with Gasteiger partial charge in [0.2, 0.25) is 0 Å². The molecule has 0 radical (unpaired) electrons. The largest absolute Gasteiger partial charge is 0.328 e. The second kappa shape index (κ2) is 4.50. The van der Waals surface area contributed by atoms with Crippen LogP contribution < -0.4 is 5.72 Å². The van der Waals surface area contributed by atoms with Crippen LogP contribution in [0.5, 0.6) is 0 Å². The highest BCUT2D eigenvalue weighted by Crippen LogP contribution is 2.33. The third kappa shape index (κ3) is 2.20. The minimum Gasteiger partial charge on any atom is -0.328 e. The molecule has 0 heterocycles. The van der Waals surface area contributed by atoms with Gasteiger partial charge in [-0.2, -0.15) is 0 Å². The van der Waals surface area contributed by atoms with Crippen LogP contribution >= 0.6 is 0 Å². The fourth-order valence-electron chi connectivity index (χ4n) is 1.84. The Balaban J connectivity index is 2.34. The van der Waals surface area contributed by atoms with E-state index in [1.54, 1.807) is 30.3 Å². The predicted molar refractivity (Wildman–Crippen MR) is 73.1 cm³/mol. The van der Waals surface area contributed by atoms with E-state index in [1.165, 1.54) is 12.1 Å². The maximum Gasteiger partial charge on any atom is 0.119 e. The Morgan fingerprint density at radius 1 is 1.12 bits per heavy atom. The van der Waals surface area contributed by atoms with Crippen LogP contribution in [0.25, 0.3) is 10.8 Å². The summed E-state index contributed by atoms with van der Waals surface area (Å²) in [5.41, 5.74) is -0.647. The Morgan fingerprint density at radius 2 is 2.00 bits per heavy atom. The molecule has 0 spiro atoms. The quantitative estimate of drug-likeness (QED) is 0.842. The smallest absolute Gasteiger partial charge is 0.119 e.